The lowest BCUT2D eigenvalue weighted by molar-refractivity contribution is 0.104. The highest BCUT2D eigenvalue weighted by Gasteiger charge is 2.36. The average molecular weight is 288 g/mol. The summed E-state index contributed by atoms with van der Waals surface area (Å²) in [6, 6.07) is 10.3. The first kappa shape index (κ1) is 16.3. The van der Waals surface area contributed by atoms with E-state index in [1.165, 1.54) is 44.1 Å². The molecule has 0 amide bonds. The molecule has 1 aliphatic rings. The Morgan fingerprint density at radius 2 is 1.90 bits per heavy atom. The van der Waals surface area contributed by atoms with Crippen LogP contribution in [0.5, 0.6) is 0 Å². The maximum absolute atomic E-state index is 5.69. The molecule has 2 atom stereocenters. The summed E-state index contributed by atoms with van der Waals surface area (Å²) < 4.78 is 11.3. The van der Waals surface area contributed by atoms with Crippen LogP contribution in [0.2, 0.25) is 0 Å². The SMILES string of the molecule is CCCCCCC/C=C\[C@@H]1O[C@H]1COCc1ccccc1. The maximum atomic E-state index is 5.69. The van der Waals surface area contributed by atoms with Crippen molar-refractivity contribution in [2.75, 3.05) is 6.61 Å². The Balaban J connectivity index is 1.46. The smallest absolute Gasteiger partial charge is 0.111 e. The third-order valence-electron chi connectivity index (χ3n) is 3.82. The van der Waals surface area contributed by atoms with Gasteiger partial charge in [0.25, 0.3) is 0 Å². The van der Waals surface area contributed by atoms with Crippen LogP contribution in [0.3, 0.4) is 0 Å². The van der Waals surface area contributed by atoms with E-state index in [0.717, 1.165) is 0 Å². The third kappa shape index (κ3) is 6.92. The van der Waals surface area contributed by atoms with Gasteiger partial charge in [0.1, 0.15) is 12.2 Å². The molecule has 1 aromatic rings. The molecular formula is C19H28O2. The summed E-state index contributed by atoms with van der Waals surface area (Å²) in [7, 11) is 0. The van der Waals surface area contributed by atoms with E-state index in [9.17, 15) is 0 Å². The summed E-state index contributed by atoms with van der Waals surface area (Å²) >= 11 is 0. The van der Waals surface area contributed by atoms with Crippen molar-refractivity contribution >= 4 is 0 Å². The molecule has 1 fully saturated rings. The van der Waals surface area contributed by atoms with Gasteiger partial charge >= 0.3 is 0 Å². The second kappa shape index (κ2) is 9.75. The third-order valence-corrected chi connectivity index (χ3v) is 3.82. The van der Waals surface area contributed by atoms with Crippen molar-refractivity contribution in [3.05, 3.63) is 48.0 Å². The maximum Gasteiger partial charge on any atom is 0.111 e. The summed E-state index contributed by atoms with van der Waals surface area (Å²) in [6.45, 7) is 3.62. The van der Waals surface area contributed by atoms with E-state index in [2.05, 4.69) is 31.2 Å². The van der Waals surface area contributed by atoms with Crippen LogP contribution in [0.15, 0.2) is 42.5 Å². The predicted molar refractivity (Wildman–Crippen MR) is 87.3 cm³/mol. The fourth-order valence-corrected chi connectivity index (χ4v) is 2.42. The lowest BCUT2D eigenvalue weighted by Crippen LogP contribution is -2.03. The average Bonchev–Trinajstić information content (AvgIpc) is 3.26. The van der Waals surface area contributed by atoms with Gasteiger partial charge in [0, 0.05) is 0 Å². The van der Waals surface area contributed by atoms with Crippen LogP contribution in [-0.4, -0.2) is 18.8 Å². The first-order chi connectivity index (χ1) is 10.4. The molecule has 1 saturated heterocycles. The molecule has 1 aromatic carbocycles. The Hall–Kier alpha value is -1.12. The summed E-state index contributed by atoms with van der Waals surface area (Å²) in [6.07, 6.45) is 12.9. The molecular weight excluding hydrogens is 260 g/mol. The van der Waals surface area contributed by atoms with Crippen molar-refractivity contribution in [1.82, 2.24) is 0 Å². The summed E-state index contributed by atoms with van der Waals surface area (Å²) in [5, 5.41) is 0. The summed E-state index contributed by atoms with van der Waals surface area (Å²) in [5.74, 6) is 0. The highest BCUT2D eigenvalue weighted by molar-refractivity contribution is 5.13. The summed E-state index contributed by atoms with van der Waals surface area (Å²) in [4.78, 5) is 0. The van der Waals surface area contributed by atoms with Crippen LogP contribution in [0.4, 0.5) is 0 Å². The zero-order valence-corrected chi connectivity index (χ0v) is 13.2. The van der Waals surface area contributed by atoms with E-state index in [1.807, 2.05) is 18.2 Å². The van der Waals surface area contributed by atoms with Crippen LogP contribution in [0.25, 0.3) is 0 Å². The Morgan fingerprint density at radius 3 is 2.71 bits per heavy atom. The number of benzene rings is 1. The zero-order chi connectivity index (χ0) is 14.8. The second-order valence-electron chi connectivity index (χ2n) is 5.77. The number of ether oxygens (including phenoxy) is 2. The van der Waals surface area contributed by atoms with Crippen molar-refractivity contribution in [3.63, 3.8) is 0 Å². The Kier molecular flexibility index (Phi) is 7.55. The molecule has 1 aliphatic heterocycles. The molecule has 0 saturated carbocycles. The van der Waals surface area contributed by atoms with Gasteiger partial charge in [0.05, 0.1) is 13.2 Å². The van der Waals surface area contributed by atoms with E-state index in [-0.39, 0.29) is 12.2 Å². The van der Waals surface area contributed by atoms with Gasteiger partial charge in [-0.2, -0.15) is 0 Å². The molecule has 2 nitrogen and oxygen atoms in total. The topological polar surface area (TPSA) is 21.8 Å². The molecule has 0 N–H and O–H groups in total. The van der Waals surface area contributed by atoms with Crippen molar-refractivity contribution in [1.29, 1.82) is 0 Å². The van der Waals surface area contributed by atoms with E-state index < -0.39 is 0 Å². The number of hydrogen-bond donors (Lipinski definition) is 0. The highest BCUT2D eigenvalue weighted by Crippen LogP contribution is 2.24. The van der Waals surface area contributed by atoms with E-state index in [1.54, 1.807) is 0 Å². The number of unbranched alkanes of at least 4 members (excludes halogenated alkanes) is 5. The predicted octanol–water partition coefficient (Wildman–Crippen LogP) is 4.89. The van der Waals surface area contributed by atoms with Crippen LogP contribution >= 0.6 is 0 Å². The number of allylic oxidation sites excluding steroid dienone is 1. The Bertz CT molecular complexity index is 399. The molecule has 2 heteroatoms. The normalized spacial score (nSPS) is 21.0. The van der Waals surface area contributed by atoms with E-state index in [0.29, 0.717) is 13.2 Å². The molecule has 0 radical (unpaired) electrons. The second-order valence-corrected chi connectivity index (χ2v) is 5.77. The van der Waals surface area contributed by atoms with Gasteiger partial charge in [-0.05, 0) is 18.4 Å². The molecule has 116 valence electrons. The minimum atomic E-state index is 0.269. The first-order valence-electron chi connectivity index (χ1n) is 8.34. The van der Waals surface area contributed by atoms with Crippen molar-refractivity contribution in [2.45, 2.75) is 64.3 Å². The lowest BCUT2D eigenvalue weighted by Gasteiger charge is -2.01. The van der Waals surface area contributed by atoms with Crippen LogP contribution in [0, 0.1) is 0 Å². The fourth-order valence-electron chi connectivity index (χ4n) is 2.42. The molecule has 0 bridgehead atoms. The summed E-state index contributed by atoms with van der Waals surface area (Å²) in [5.41, 5.74) is 1.22. The molecule has 0 unspecified atom stereocenters. The molecule has 0 aromatic heterocycles. The molecule has 1 heterocycles. The van der Waals surface area contributed by atoms with Gasteiger partial charge in [-0.1, -0.05) is 75.1 Å². The number of rotatable bonds is 11. The number of epoxide rings is 1. The van der Waals surface area contributed by atoms with Gasteiger partial charge in [-0.15, -0.1) is 0 Å². The van der Waals surface area contributed by atoms with E-state index >= 15 is 0 Å². The largest absolute Gasteiger partial charge is 0.374 e. The van der Waals surface area contributed by atoms with E-state index in [4.69, 9.17) is 9.47 Å². The van der Waals surface area contributed by atoms with Crippen molar-refractivity contribution < 1.29 is 9.47 Å². The van der Waals surface area contributed by atoms with Crippen molar-refractivity contribution in [2.24, 2.45) is 0 Å². The zero-order valence-electron chi connectivity index (χ0n) is 13.2. The lowest BCUT2D eigenvalue weighted by atomic mass is 10.1. The van der Waals surface area contributed by atoms with Crippen LogP contribution in [-0.2, 0) is 16.1 Å². The van der Waals surface area contributed by atoms with Crippen molar-refractivity contribution in [3.8, 4) is 0 Å². The van der Waals surface area contributed by atoms with Gasteiger partial charge in [0.15, 0.2) is 0 Å². The van der Waals surface area contributed by atoms with Gasteiger partial charge in [-0.3, -0.25) is 0 Å². The molecule has 0 spiro atoms. The molecule has 0 aliphatic carbocycles. The fraction of sp³-hybridized carbons (Fsp3) is 0.579. The molecule has 21 heavy (non-hydrogen) atoms. The first-order valence-corrected chi connectivity index (χ1v) is 8.34. The van der Waals surface area contributed by atoms with Crippen LogP contribution < -0.4 is 0 Å². The Morgan fingerprint density at radius 1 is 1.10 bits per heavy atom. The minimum absolute atomic E-state index is 0.269. The number of hydrogen-bond acceptors (Lipinski definition) is 2. The highest BCUT2D eigenvalue weighted by atomic mass is 16.6. The standard InChI is InChI=1S/C19H28O2/c1-2-3-4-5-6-7-11-14-18-19(21-18)16-20-15-17-12-9-8-10-13-17/h8-14,18-19H,2-7,15-16H2,1H3/b14-11-/t18-,19-/m0/s1. The monoisotopic (exact) mass is 288 g/mol. The van der Waals surface area contributed by atoms with Gasteiger partial charge in [-0.25, -0.2) is 0 Å². The molecule has 2 rings (SSSR count). The Labute approximate surface area is 129 Å². The minimum Gasteiger partial charge on any atom is -0.374 e. The quantitative estimate of drug-likeness (QED) is 0.328. The van der Waals surface area contributed by atoms with Gasteiger partial charge in [0.2, 0.25) is 0 Å². The van der Waals surface area contributed by atoms with Gasteiger partial charge < -0.3 is 9.47 Å². The van der Waals surface area contributed by atoms with Crippen LogP contribution in [0.1, 0.15) is 51.0 Å².